The molecule has 0 aliphatic heterocycles. The molecule has 1 aliphatic rings. The number of aliphatic imine (C=N–C) groups is 2. The van der Waals surface area contributed by atoms with Crippen LogP contribution in [0.15, 0.2) is 9.98 Å². The third kappa shape index (κ3) is 9.15. The van der Waals surface area contributed by atoms with Crippen molar-refractivity contribution >= 4 is 12.2 Å². The van der Waals surface area contributed by atoms with E-state index in [1.807, 2.05) is 0 Å². The van der Waals surface area contributed by atoms with Gasteiger partial charge in [-0.25, -0.2) is 19.6 Å². The fourth-order valence-electron chi connectivity index (χ4n) is 3.91. The Balaban J connectivity index is 2.16. The highest BCUT2D eigenvalue weighted by Gasteiger charge is 2.29. The maximum absolute atomic E-state index is 10.7. The first-order valence-corrected chi connectivity index (χ1v) is 9.92. The van der Waals surface area contributed by atoms with Crippen LogP contribution in [0.5, 0.6) is 0 Å². The first-order chi connectivity index (χ1) is 11.8. The Morgan fingerprint density at radius 3 is 2.17 bits per heavy atom. The Morgan fingerprint density at radius 1 is 0.875 bits per heavy atom. The van der Waals surface area contributed by atoms with Crippen LogP contribution in [0.4, 0.5) is 0 Å². The second-order valence-electron chi connectivity index (χ2n) is 7.28. The minimum Gasteiger partial charge on any atom is -0.211 e. The standard InChI is InChI=1S/C20H34N2O2/c1-2-3-4-5-6-7-8-9-10-11-19-13-12-18(15-21-16-23)14-20(19)22-17-24/h18-20H,2-15H2,1H3. The third-order valence-electron chi connectivity index (χ3n) is 5.38. The first kappa shape index (κ1) is 20.8. The predicted molar refractivity (Wildman–Crippen MR) is 97.6 cm³/mol. The van der Waals surface area contributed by atoms with Crippen LogP contribution in [-0.2, 0) is 9.59 Å². The number of nitrogens with zero attached hydrogens (tertiary/aromatic N) is 2. The SMILES string of the molecule is CCCCCCCCCCCC1CCC(CN=C=O)CC1N=C=O. The molecule has 0 saturated heterocycles. The van der Waals surface area contributed by atoms with Crippen LogP contribution in [0.25, 0.3) is 0 Å². The fraction of sp³-hybridized carbons (Fsp3) is 0.900. The first-order valence-electron chi connectivity index (χ1n) is 9.92. The smallest absolute Gasteiger partial charge is 0.211 e. The van der Waals surface area contributed by atoms with Crippen LogP contribution in [-0.4, -0.2) is 24.7 Å². The van der Waals surface area contributed by atoms with E-state index in [4.69, 9.17) is 0 Å². The second-order valence-corrected chi connectivity index (χ2v) is 7.28. The van der Waals surface area contributed by atoms with Gasteiger partial charge in [-0.15, -0.1) is 0 Å². The van der Waals surface area contributed by atoms with E-state index in [-0.39, 0.29) is 6.04 Å². The number of hydrogen-bond acceptors (Lipinski definition) is 4. The van der Waals surface area contributed by atoms with Crippen molar-refractivity contribution in [2.24, 2.45) is 21.8 Å². The molecule has 136 valence electrons. The van der Waals surface area contributed by atoms with Gasteiger partial charge >= 0.3 is 0 Å². The maximum atomic E-state index is 10.7. The van der Waals surface area contributed by atoms with Gasteiger partial charge in [0.2, 0.25) is 12.2 Å². The summed E-state index contributed by atoms with van der Waals surface area (Å²) in [7, 11) is 0. The monoisotopic (exact) mass is 334 g/mol. The molecule has 0 aromatic rings. The van der Waals surface area contributed by atoms with E-state index >= 15 is 0 Å². The van der Waals surface area contributed by atoms with E-state index in [2.05, 4.69) is 16.9 Å². The predicted octanol–water partition coefficient (Wildman–Crippen LogP) is 5.36. The molecule has 0 radical (unpaired) electrons. The summed E-state index contributed by atoms with van der Waals surface area (Å²) in [6, 6.07) is 0.0807. The van der Waals surface area contributed by atoms with Gasteiger partial charge < -0.3 is 0 Å². The molecular formula is C20H34N2O2. The summed E-state index contributed by atoms with van der Waals surface area (Å²) in [6.45, 7) is 2.78. The van der Waals surface area contributed by atoms with Crippen LogP contribution >= 0.6 is 0 Å². The van der Waals surface area contributed by atoms with Gasteiger partial charge in [0.15, 0.2) is 0 Å². The highest BCUT2D eigenvalue weighted by Crippen LogP contribution is 2.34. The van der Waals surface area contributed by atoms with Gasteiger partial charge in [-0.3, -0.25) is 0 Å². The van der Waals surface area contributed by atoms with Crippen molar-refractivity contribution in [1.82, 2.24) is 0 Å². The van der Waals surface area contributed by atoms with Crippen LogP contribution in [0.1, 0.15) is 90.4 Å². The van der Waals surface area contributed by atoms with Gasteiger partial charge in [-0.05, 0) is 37.5 Å². The van der Waals surface area contributed by atoms with E-state index in [1.165, 1.54) is 57.8 Å². The lowest BCUT2D eigenvalue weighted by Gasteiger charge is -2.32. The summed E-state index contributed by atoms with van der Waals surface area (Å²) >= 11 is 0. The largest absolute Gasteiger partial charge is 0.235 e. The van der Waals surface area contributed by atoms with Crippen molar-refractivity contribution in [1.29, 1.82) is 0 Å². The number of hydrogen-bond donors (Lipinski definition) is 0. The molecule has 1 aliphatic carbocycles. The maximum Gasteiger partial charge on any atom is 0.235 e. The van der Waals surface area contributed by atoms with Gasteiger partial charge in [0.05, 0.1) is 12.6 Å². The average Bonchev–Trinajstić information content (AvgIpc) is 2.60. The number of unbranched alkanes of at least 4 members (excludes halogenated alkanes) is 8. The van der Waals surface area contributed by atoms with Crippen LogP contribution in [0, 0.1) is 11.8 Å². The number of rotatable bonds is 13. The zero-order valence-corrected chi connectivity index (χ0v) is 15.3. The van der Waals surface area contributed by atoms with E-state index in [1.54, 1.807) is 12.2 Å². The Hall–Kier alpha value is -1.24. The highest BCUT2D eigenvalue weighted by atomic mass is 16.1. The molecule has 0 amide bonds. The lowest BCUT2D eigenvalue weighted by Crippen LogP contribution is -2.29. The topological polar surface area (TPSA) is 58.9 Å². The average molecular weight is 335 g/mol. The summed E-state index contributed by atoms with van der Waals surface area (Å²) in [6.07, 6.45) is 19.6. The van der Waals surface area contributed by atoms with E-state index < -0.39 is 0 Å². The summed E-state index contributed by atoms with van der Waals surface area (Å²) < 4.78 is 0. The molecule has 1 rings (SSSR count). The van der Waals surface area contributed by atoms with E-state index in [9.17, 15) is 9.59 Å². The molecule has 0 bridgehead atoms. The zero-order chi connectivity index (χ0) is 17.5. The molecule has 0 N–H and O–H groups in total. The van der Waals surface area contributed by atoms with Crippen molar-refractivity contribution in [2.45, 2.75) is 96.4 Å². The van der Waals surface area contributed by atoms with Crippen LogP contribution < -0.4 is 0 Å². The Kier molecular flexibility index (Phi) is 12.3. The molecule has 0 spiro atoms. The van der Waals surface area contributed by atoms with Gasteiger partial charge in [-0.2, -0.15) is 0 Å². The second kappa shape index (κ2) is 14.1. The summed E-state index contributed by atoms with van der Waals surface area (Å²) in [5.41, 5.74) is 0. The zero-order valence-electron chi connectivity index (χ0n) is 15.3. The minimum absolute atomic E-state index is 0.0807. The van der Waals surface area contributed by atoms with Gasteiger partial charge in [0.25, 0.3) is 0 Å². The number of isocyanates is 2. The molecule has 1 saturated carbocycles. The molecule has 0 heterocycles. The number of carbonyl (C=O) groups excluding carboxylic acids is 2. The summed E-state index contributed by atoms with van der Waals surface area (Å²) in [5.74, 6) is 0.875. The van der Waals surface area contributed by atoms with Crippen molar-refractivity contribution < 1.29 is 9.59 Å². The van der Waals surface area contributed by atoms with Gasteiger partial charge in [0.1, 0.15) is 0 Å². The highest BCUT2D eigenvalue weighted by molar-refractivity contribution is 5.34. The lowest BCUT2D eigenvalue weighted by molar-refractivity contribution is 0.227. The molecule has 0 aromatic carbocycles. The molecule has 3 atom stereocenters. The van der Waals surface area contributed by atoms with Crippen molar-refractivity contribution in [3.8, 4) is 0 Å². The van der Waals surface area contributed by atoms with Crippen molar-refractivity contribution in [3.63, 3.8) is 0 Å². The molecule has 24 heavy (non-hydrogen) atoms. The van der Waals surface area contributed by atoms with Crippen molar-refractivity contribution in [2.75, 3.05) is 6.54 Å². The Morgan fingerprint density at radius 2 is 1.54 bits per heavy atom. The van der Waals surface area contributed by atoms with Gasteiger partial charge in [-0.1, -0.05) is 64.7 Å². The molecule has 4 heteroatoms. The van der Waals surface area contributed by atoms with Crippen LogP contribution in [0.3, 0.4) is 0 Å². The van der Waals surface area contributed by atoms with E-state index in [0.717, 1.165) is 25.7 Å². The molecular weight excluding hydrogens is 300 g/mol. The molecule has 1 fully saturated rings. The third-order valence-corrected chi connectivity index (χ3v) is 5.38. The summed E-state index contributed by atoms with van der Waals surface area (Å²) in [5, 5.41) is 0. The minimum atomic E-state index is 0.0807. The molecule has 4 nitrogen and oxygen atoms in total. The van der Waals surface area contributed by atoms with Crippen LogP contribution in [0.2, 0.25) is 0 Å². The Bertz CT molecular complexity index is 412. The molecule has 3 unspecified atom stereocenters. The van der Waals surface area contributed by atoms with Gasteiger partial charge in [0, 0.05) is 0 Å². The quantitative estimate of drug-likeness (QED) is 0.258. The lowest BCUT2D eigenvalue weighted by atomic mass is 9.76. The van der Waals surface area contributed by atoms with Crippen molar-refractivity contribution in [3.05, 3.63) is 0 Å². The normalized spacial score (nSPS) is 23.3. The fourth-order valence-corrected chi connectivity index (χ4v) is 3.91. The van der Waals surface area contributed by atoms with E-state index in [0.29, 0.717) is 18.4 Å². The molecule has 0 aromatic heterocycles. The summed E-state index contributed by atoms with van der Waals surface area (Å²) in [4.78, 5) is 28.7. The Labute approximate surface area is 147 Å².